The van der Waals surface area contributed by atoms with Crippen molar-refractivity contribution in [2.45, 2.75) is 25.8 Å². The van der Waals surface area contributed by atoms with E-state index in [1.54, 1.807) is 25.3 Å². The molecule has 1 saturated heterocycles. The third kappa shape index (κ3) is 3.39. The Hall–Kier alpha value is -1.26. The molecule has 0 saturated carbocycles. The number of carbonyl (C=O) groups is 1. The van der Waals surface area contributed by atoms with Crippen molar-refractivity contribution in [1.82, 2.24) is 0 Å². The van der Waals surface area contributed by atoms with Gasteiger partial charge in [-0.1, -0.05) is 11.6 Å². The summed E-state index contributed by atoms with van der Waals surface area (Å²) in [5, 5.41) is 3.41. The van der Waals surface area contributed by atoms with Crippen molar-refractivity contribution >= 4 is 23.2 Å². The zero-order chi connectivity index (χ0) is 13.8. The number of benzene rings is 1. The minimum Gasteiger partial charge on any atom is -0.495 e. The van der Waals surface area contributed by atoms with Crippen LogP contribution in [-0.4, -0.2) is 32.1 Å². The summed E-state index contributed by atoms with van der Waals surface area (Å²) in [5.41, 5.74) is 0.709. The van der Waals surface area contributed by atoms with E-state index >= 15 is 0 Å². The van der Waals surface area contributed by atoms with Gasteiger partial charge in [0.05, 0.1) is 25.2 Å². The molecule has 1 aliphatic heterocycles. The number of halogens is 1. The van der Waals surface area contributed by atoms with Crippen LogP contribution in [-0.2, 0) is 4.79 Å². The maximum atomic E-state index is 12.2. The molecule has 1 heterocycles. The zero-order valence-corrected chi connectivity index (χ0v) is 12.1. The van der Waals surface area contributed by atoms with E-state index < -0.39 is 0 Å². The van der Waals surface area contributed by atoms with Crippen LogP contribution < -0.4 is 15.0 Å². The van der Waals surface area contributed by atoms with Crippen LogP contribution in [0.1, 0.15) is 19.8 Å². The molecule has 1 aromatic carbocycles. The largest absolute Gasteiger partial charge is 0.495 e. The predicted octanol–water partition coefficient (Wildman–Crippen LogP) is 1.35. The first-order chi connectivity index (χ1) is 9.11. The van der Waals surface area contributed by atoms with Crippen LogP contribution in [0.3, 0.4) is 0 Å². The Bertz CT molecular complexity index is 459. The van der Waals surface area contributed by atoms with Gasteiger partial charge in [0.15, 0.2) is 6.04 Å². The van der Waals surface area contributed by atoms with Crippen molar-refractivity contribution in [2.75, 3.05) is 25.5 Å². The number of nitrogens with one attached hydrogen (secondary N) is 2. The van der Waals surface area contributed by atoms with Gasteiger partial charge in [-0.15, -0.1) is 0 Å². The molecule has 2 N–H and O–H groups in total. The first-order valence-electron chi connectivity index (χ1n) is 6.61. The van der Waals surface area contributed by atoms with Gasteiger partial charge in [-0.25, -0.2) is 0 Å². The fourth-order valence-corrected chi connectivity index (χ4v) is 2.70. The van der Waals surface area contributed by atoms with Gasteiger partial charge in [-0.2, -0.15) is 0 Å². The molecule has 0 aliphatic carbocycles. The van der Waals surface area contributed by atoms with Crippen molar-refractivity contribution < 1.29 is 14.4 Å². The zero-order valence-electron chi connectivity index (χ0n) is 11.3. The second-order valence-electron chi connectivity index (χ2n) is 4.93. The Morgan fingerprint density at radius 3 is 2.68 bits per heavy atom. The number of methoxy groups -OCH3 is 1. The maximum absolute atomic E-state index is 12.2. The van der Waals surface area contributed by atoms with Gasteiger partial charge in [0, 0.05) is 18.5 Å². The summed E-state index contributed by atoms with van der Waals surface area (Å²) < 4.78 is 5.08. The standard InChI is InChI=1S/C14H19ClN2O2/c1-10(17-7-3-4-8-17)14(18)16-11-5-6-13(19-2)12(15)9-11/h5-6,9-10H,3-4,7-8H2,1-2H3,(H,16,18)/p+1/t10-/m0/s1. The summed E-state index contributed by atoms with van der Waals surface area (Å²) in [4.78, 5) is 13.5. The Balaban J connectivity index is 2.00. The number of hydrogen-bond donors (Lipinski definition) is 2. The Morgan fingerprint density at radius 1 is 1.42 bits per heavy atom. The van der Waals surface area contributed by atoms with E-state index in [9.17, 15) is 4.79 Å². The molecule has 1 aromatic rings. The maximum Gasteiger partial charge on any atom is 0.282 e. The number of anilines is 1. The van der Waals surface area contributed by atoms with Crippen molar-refractivity contribution in [2.24, 2.45) is 0 Å². The second kappa shape index (κ2) is 6.26. The Kier molecular flexibility index (Phi) is 4.66. The van der Waals surface area contributed by atoms with Gasteiger partial charge in [0.1, 0.15) is 5.75 Å². The normalized spacial score (nSPS) is 17.2. The number of carbonyl (C=O) groups excluding carboxylic acids is 1. The number of hydrogen-bond acceptors (Lipinski definition) is 2. The van der Waals surface area contributed by atoms with E-state index in [0.29, 0.717) is 16.5 Å². The van der Waals surface area contributed by atoms with E-state index in [1.165, 1.54) is 17.7 Å². The van der Waals surface area contributed by atoms with Crippen LogP contribution in [0, 0.1) is 0 Å². The number of likely N-dealkylation sites (tertiary alicyclic amines) is 1. The summed E-state index contributed by atoms with van der Waals surface area (Å²) >= 11 is 6.04. The first-order valence-corrected chi connectivity index (χ1v) is 6.98. The second-order valence-corrected chi connectivity index (χ2v) is 5.33. The van der Waals surface area contributed by atoms with Crippen molar-refractivity contribution in [3.8, 4) is 5.75 Å². The predicted molar refractivity (Wildman–Crippen MR) is 76.0 cm³/mol. The van der Waals surface area contributed by atoms with Crippen LogP contribution in [0.15, 0.2) is 18.2 Å². The molecular weight excluding hydrogens is 264 g/mol. The van der Waals surface area contributed by atoms with Gasteiger partial charge < -0.3 is 15.0 Å². The molecule has 0 spiro atoms. The molecule has 1 amide bonds. The number of amides is 1. The van der Waals surface area contributed by atoms with E-state index in [-0.39, 0.29) is 11.9 Å². The van der Waals surface area contributed by atoms with Crippen LogP contribution in [0.2, 0.25) is 5.02 Å². The summed E-state index contributed by atoms with van der Waals surface area (Å²) in [7, 11) is 1.57. The lowest BCUT2D eigenvalue weighted by Gasteiger charge is -2.20. The fourth-order valence-electron chi connectivity index (χ4n) is 2.44. The molecule has 2 rings (SSSR count). The Morgan fingerprint density at radius 2 is 2.11 bits per heavy atom. The molecule has 0 bridgehead atoms. The van der Waals surface area contributed by atoms with Gasteiger partial charge in [-0.05, 0) is 25.1 Å². The highest BCUT2D eigenvalue weighted by Gasteiger charge is 2.27. The molecule has 4 nitrogen and oxygen atoms in total. The molecular formula is C14H20ClN2O2+. The summed E-state index contributed by atoms with van der Waals surface area (Å²) in [6.45, 7) is 4.14. The molecule has 0 unspecified atom stereocenters. The molecule has 1 atom stereocenters. The molecule has 0 aromatic heterocycles. The van der Waals surface area contributed by atoms with Gasteiger partial charge in [-0.3, -0.25) is 4.79 Å². The summed E-state index contributed by atoms with van der Waals surface area (Å²) in [5.74, 6) is 0.649. The van der Waals surface area contributed by atoms with E-state index in [0.717, 1.165) is 13.1 Å². The minimum atomic E-state index is -0.0247. The smallest absolute Gasteiger partial charge is 0.282 e. The lowest BCUT2D eigenvalue weighted by Crippen LogP contribution is -3.14. The van der Waals surface area contributed by atoms with E-state index in [1.807, 2.05) is 6.92 Å². The van der Waals surface area contributed by atoms with Gasteiger partial charge >= 0.3 is 0 Å². The highest BCUT2D eigenvalue weighted by atomic mass is 35.5. The topological polar surface area (TPSA) is 42.8 Å². The third-order valence-electron chi connectivity index (χ3n) is 3.67. The van der Waals surface area contributed by atoms with Gasteiger partial charge in [0.2, 0.25) is 0 Å². The van der Waals surface area contributed by atoms with Crippen LogP contribution in [0.4, 0.5) is 5.69 Å². The van der Waals surface area contributed by atoms with Crippen LogP contribution in [0.5, 0.6) is 5.75 Å². The molecule has 104 valence electrons. The molecule has 0 radical (unpaired) electrons. The molecule has 1 fully saturated rings. The van der Waals surface area contributed by atoms with Crippen LogP contribution >= 0.6 is 11.6 Å². The molecule has 19 heavy (non-hydrogen) atoms. The van der Waals surface area contributed by atoms with Crippen molar-refractivity contribution in [3.05, 3.63) is 23.2 Å². The molecule has 1 aliphatic rings. The summed E-state index contributed by atoms with van der Waals surface area (Å²) in [6.07, 6.45) is 2.42. The number of ether oxygens (including phenoxy) is 1. The van der Waals surface area contributed by atoms with Crippen molar-refractivity contribution in [3.63, 3.8) is 0 Å². The summed E-state index contributed by atoms with van der Waals surface area (Å²) in [6, 6.07) is 5.24. The third-order valence-corrected chi connectivity index (χ3v) is 3.97. The quantitative estimate of drug-likeness (QED) is 0.876. The monoisotopic (exact) mass is 283 g/mol. The number of rotatable bonds is 4. The van der Waals surface area contributed by atoms with Crippen molar-refractivity contribution in [1.29, 1.82) is 0 Å². The average Bonchev–Trinajstić information content (AvgIpc) is 2.92. The molecule has 5 heteroatoms. The van der Waals surface area contributed by atoms with E-state index in [4.69, 9.17) is 16.3 Å². The highest BCUT2D eigenvalue weighted by molar-refractivity contribution is 6.32. The highest BCUT2D eigenvalue weighted by Crippen LogP contribution is 2.27. The van der Waals surface area contributed by atoms with E-state index in [2.05, 4.69) is 5.32 Å². The average molecular weight is 284 g/mol. The number of quaternary nitrogens is 1. The lowest BCUT2D eigenvalue weighted by molar-refractivity contribution is -0.901. The SMILES string of the molecule is COc1ccc(NC(=O)[C@H](C)[NH+]2CCCC2)cc1Cl. The minimum absolute atomic E-state index is 0.0247. The van der Waals surface area contributed by atoms with Gasteiger partial charge in [0.25, 0.3) is 5.91 Å². The lowest BCUT2D eigenvalue weighted by atomic mass is 10.2. The first kappa shape index (κ1) is 14.2. The fraction of sp³-hybridized carbons (Fsp3) is 0.500. The Labute approximate surface area is 118 Å². The van der Waals surface area contributed by atoms with Crippen LogP contribution in [0.25, 0.3) is 0 Å².